The third-order valence-corrected chi connectivity index (χ3v) is 3.44. The summed E-state index contributed by atoms with van der Waals surface area (Å²) in [5.74, 6) is 0.327. The van der Waals surface area contributed by atoms with Crippen molar-refractivity contribution in [2.45, 2.75) is 32.9 Å². The number of urea groups is 1. The number of amides is 3. The molecule has 0 radical (unpaired) electrons. The van der Waals surface area contributed by atoms with Gasteiger partial charge in [-0.25, -0.2) is 4.79 Å². The summed E-state index contributed by atoms with van der Waals surface area (Å²) in [7, 11) is 1.80. The Bertz CT molecular complexity index is 537. The van der Waals surface area contributed by atoms with Gasteiger partial charge in [-0.15, -0.1) is 0 Å². The van der Waals surface area contributed by atoms with Crippen LogP contribution in [0.25, 0.3) is 0 Å². The number of imide groups is 1. The molecular weight excluding hydrogens is 318 g/mol. The molecule has 0 heterocycles. The van der Waals surface area contributed by atoms with Crippen molar-refractivity contribution < 1.29 is 14.3 Å². The molecule has 0 spiro atoms. The number of carbonyl (C=O) groups excluding carboxylic acids is 2. The third kappa shape index (κ3) is 7.34. The molecule has 0 bridgehead atoms. The van der Waals surface area contributed by atoms with E-state index >= 15 is 0 Å². The van der Waals surface area contributed by atoms with E-state index in [4.69, 9.17) is 16.3 Å². The molecule has 0 aromatic heterocycles. The second kappa shape index (κ2) is 9.37. The minimum Gasteiger partial charge on any atom is -0.492 e. The summed E-state index contributed by atoms with van der Waals surface area (Å²) in [4.78, 5) is 25.3. The highest BCUT2D eigenvalue weighted by Gasteiger charge is 2.20. The number of nitrogens with zero attached hydrogens (tertiary/aromatic N) is 1. The van der Waals surface area contributed by atoms with Crippen molar-refractivity contribution in [2.24, 2.45) is 0 Å². The monoisotopic (exact) mass is 341 g/mol. The van der Waals surface area contributed by atoms with Gasteiger partial charge in [0.15, 0.2) is 0 Å². The summed E-state index contributed by atoms with van der Waals surface area (Å²) in [6, 6.07) is 6.17. The first-order valence-electron chi connectivity index (χ1n) is 7.49. The van der Waals surface area contributed by atoms with Crippen LogP contribution in [0.3, 0.4) is 0 Å². The average Bonchev–Trinajstić information content (AvgIpc) is 2.45. The Morgan fingerprint density at radius 1 is 1.30 bits per heavy atom. The highest BCUT2D eigenvalue weighted by atomic mass is 35.5. The fourth-order valence-corrected chi connectivity index (χ4v) is 1.95. The van der Waals surface area contributed by atoms with E-state index in [0.717, 1.165) is 0 Å². The van der Waals surface area contributed by atoms with Gasteiger partial charge >= 0.3 is 6.03 Å². The Hall–Kier alpha value is -1.79. The SMILES string of the molecule is CC(C)NC(=O)NC(=O)C(C)N(C)CCOc1cccc(Cl)c1. The maximum Gasteiger partial charge on any atom is 0.321 e. The molecule has 1 aromatic rings. The van der Waals surface area contributed by atoms with Gasteiger partial charge in [-0.3, -0.25) is 15.0 Å². The van der Waals surface area contributed by atoms with E-state index in [0.29, 0.717) is 23.9 Å². The molecule has 0 aliphatic carbocycles. The van der Waals surface area contributed by atoms with E-state index in [1.807, 2.05) is 30.9 Å². The summed E-state index contributed by atoms with van der Waals surface area (Å²) < 4.78 is 5.58. The molecule has 0 aliphatic heterocycles. The topological polar surface area (TPSA) is 70.7 Å². The van der Waals surface area contributed by atoms with Crippen molar-refractivity contribution >= 4 is 23.5 Å². The van der Waals surface area contributed by atoms with E-state index in [1.54, 1.807) is 26.1 Å². The highest BCUT2D eigenvalue weighted by Crippen LogP contribution is 2.16. The minimum atomic E-state index is -0.486. The fourth-order valence-electron chi connectivity index (χ4n) is 1.77. The Morgan fingerprint density at radius 2 is 2.00 bits per heavy atom. The third-order valence-electron chi connectivity index (χ3n) is 3.21. The Balaban J connectivity index is 2.36. The van der Waals surface area contributed by atoms with E-state index < -0.39 is 12.1 Å². The van der Waals surface area contributed by atoms with Crippen LogP contribution in [0.4, 0.5) is 4.79 Å². The molecular formula is C16H24ClN3O3. The standard InChI is InChI=1S/C16H24ClN3O3/c1-11(2)18-16(22)19-15(21)12(3)20(4)8-9-23-14-7-5-6-13(17)10-14/h5-7,10-12H,8-9H2,1-4H3,(H2,18,19,21,22). The van der Waals surface area contributed by atoms with Crippen molar-refractivity contribution in [1.82, 2.24) is 15.5 Å². The first-order valence-corrected chi connectivity index (χ1v) is 7.87. The maximum atomic E-state index is 12.0. The van der Waals surface area contributed by atoms with Gasteiger partial charge in [0.25, 0.3) is 0 Å². The molecule has 128 valence electrons. The fraction of sp³-hybridized carbons (Fsp3) is 0.500. The largest absolute Gasteiger partial charge is 0.492 e. The van der Waals surface area contributed by atoms with Crippen molar-refractivity contribution in [3.63, 3.8) is 0 Å². The number of hydrogen-bond acceptors (Lipinski definition) is 4. The smallest absolute Gasteiger partial charge is 0.321 e. The molecule has 3 amide bonds. The van der Waals surface area contributed by atoms with Gasteiger partial charge < -0.3 is 10.1 Å². The van der Waals surface area contributed by atoms with Gasteiger partial charge in [0, 0.05) is 17.6 Å². The molecule has 1 rings (SSSR count). The summed E-state index contributed by atoms with van der Waals surface area (Å²) in [6.07, 6.45) is 0. The van der Waals surface area contributed by atoms with Gasteiger partial charge in [0.2, 0.25) is 5.91 Å². The predicted molar refractivity (Wildman–Crippen MR) is 90.8 cm³/mol. The quantitative estimate of drug-likeness (QED) is 0.798. The highest BCUT2D eigenvalue weighted by molar-refractivity contribution is 6.30. The number of benzene rings is 1. The van der Waals surface area contributed by atoms with Crippen LogP contribution in [-0.4, -0.2) is 49.1 Å². The summed E-state index contributed by atoms with van der Waals surface area (Å²) >= 11 is 5.88. The van der Waals surface area contributed by atoms with Gasteiger partial charge in [0.1, 0.15) is 12.4 Å². The van der Waals surface area contributed by atoms with Crippen molar-refractivity contribution in [3.05, 3.63) is 29.3 Å². The maximum absolute atomic E-state index is 12.0. The van der Waals surface area contributed by atoms with E-state index in [-0.39, 0.29) is 11.9 Å². The molecule has 6 nitrogen and oxygen atoms in total. The molecule has 1 unspecified atom stereocenters. The first-order chi connectivity index (χ1) is 10.8. The molecule has 7 heteroatoms. The van der Waals surface area contributed by atoms with E-state index in [1.165, 1.54) is 0 Å². The second-order valence-corrected chi connectivity index (χ2v) is 6.02. The Kier molecular flexibility index (Phi) is 7.85. The molecule has 1 atom stereocenters. The first kappa shape index (κ1) is 19.3. The van der Waals surface area contributed by atoms with Crippen LogP contribution in [0.15, 0.2) is 24.3 Å². The zero-order valence-corrected chi connectivity index (χ0v) is 14.7. The lowest BCUT2D eigenvalue weighted by Crippen LogP contribution is -2.50. The van der Waals surface area contributed by atoms with Crippen LogP contribution in [0, 0.1) is 0 Å². The molecule has 0 saturated carbocycles. The number of carbonyl (C=O) groups is 2. The van der Waals surface area contributed by atoms with E-state index in [9.17, 15) is 9.59 Å². The van der Waals surface area contributed by atoms with Crippen LogP contribution in [0.2, 0.25) is 5.02 Å². The summed E-state index contributed by atoms with van der Waals surface area (Å²) in [5, 5.41) is 5.54. The van der Waals surface area contributed by atoms with Crippen molar-refractivity contribution in [2.75, 3.05) is 20.2 Å². The summed E-state index contributed by atoms with van der Waals surface area (Å²) in [5.41, 5.74) is 0. The Labute approximate surface area is 142 Å². The van der Waals surface area contributed by atoms with Crippen LogP contribution in [-0.2, 0) is 4.79 Å². The number of halogens is 1. The number of ether oxygens (including phenoxy) is 1. The average molecular weight is 342 g/mol. The van der Waals surface area contributed by atoms with Crippen LogP contribution < -0.4 is 15.4 Å². The lowest BCUT2D eigenvalue weighted by molar-refractivity contribution is -0.124. The van der Waals surface area contributed by atoms with Crippen LogP contribution in [0.1, 0.15) is 20.8 Å². The molecule has 2 N–H and O–H groups in total. The molecule has 0 saturated heterocycles. The van der Waals surface area contributed by atoms with Gasteiger partial charge in [0.05, 0.1) is 6.04 Å². The normalized spacial score (nSPS) is 12.1. The van der Waals surface area contributed by atoms with Crippen molar-refractivity contribution in [1.29, 1.82) is 0 Å². The minimum absolute atomic E-state index is 0.0260. The van der Waals surface area contributed by atoms with Gasteiger partial charge in [-0.1, -0.05) is 17.7 Å². The second-order valence-electron chi connectivity index (χ2n) is 5.58. The van der Waals surface area contributed by atoms with E-state index in [2.05, 4.69) is 10.6 Å². The molecule has 0 aliphatic rings. The lowest BCUT2D eigenvalue weighted by Gasteiger charge is -2.23. The van der Waals surface area contributed by atoms with Crippen molar-refractivity contribution in [3.8, 4) is 5.75 Å². The molecule has 0 fully saturated rings. The molecule has 1 aromatic carbocycles. The van der Waals surface area contributed by atoms with Gasteiger partial charge in [-0.05, 0) is 46.0 Å². The zero-order chi connectivity index (χ0) is 17.4. The number of nitrogens with one attached hydrogen (secondary N) is 2. The number of hydrogen-bond donors (Lipinski definition) is 2. The Morgan fingerprint density at radius 3 is 2.61 bits per heavy atom. The van der Waals surface area contributed by atoms with Gasteiger partial charge in [-0.2, -0.15) is 0 Å². The number of likely N-dealkylation sites (N-methyl/N-ethyl adjacent to an activating group) is 1. The lowest BCUT2D eigenvalue weighted by atomic mass is 10.3. The zero-order valence-electron chi connectivity index (χ0n) is 13.9. The predicted octanol–water partition coefficient (Wildman–Crippen LogP) is 2.27. The summed E-state index contributed by atoms with van der Waals surface area (Å²) in [6.45, 7) is 6.33. The number of rotatable bonds is 7. The van der Waals surface area contributed by atoms with Crippen LogP contribution >= 0.6 is 11.6 Å². The van der Waals surface area contributed by atoms with Crippen LogP contribution in [0.5, 0.6) is 5.75 Å². The molecule has 23 heavy (non-hydrogen) atoms.